The molecule has 0 fully saturated rings. The Hall–Kier alpha value is -1.71. The zero-order chi connectivity index (χ0) is 15.0. The third kappa shape index (κ3) is 3.89. The molecule has 20 heavy (non-hydrogen) atoms. The molecule has 4 nitrogen and oxygen atoms in total. The van der Waals surface area contributed by atoms with E-state index in [4.69, 9.17) is 9.47 Å². The van der Waals surface area contributed by atoms with Gasteiger partial charge in [0.05, 0.1) is 14.2 Å². The zero-order valence-electron chi connectivity index (χ0n) is 12.9. The molecule has 4 heteroatoms. The number of hydrogen-bond donors (Lipinski definition) is 1. The second-order valence-corrected chi connectivity index (χ2v) is 4.88. The highest BCUT2D eigenvalue weighted by Gasteiger charge is 2.37. The highest BCUT2D eigenvalue weighted by atomic mass is 16.5. The maximum absolute atomic E-state index is 12.2. The highest BCUT2D eigenvalue weighted by Crippen LogP contribution is 2.27. The van der Waals surface area contributed by atoms with E-state index in [-0.39, 0.29) is 5.97 Å². The smallest absolute Gasteiger partial charge is 0.331 e. The number of rotatable bonds is 8. The van der Waals surface area contributed by atoms with E-state index in [0.717, 1.165) is 30.7 Å². The van der Waals surface area contributed by atoms with E-state index in [9.17, 15) is 4.79 Å². The lowest BCUT2D eigenvalue weighted by Gasteiger charge is -2.32. The third-order valence-electron chi connectivity index (χ3n) is 3.61. The van der Waals surface area contributed by atoms with Crippen molar-refractivity contribution in [1.29, 1.82) is 0 Å². The van der Waals surface area contributed by atoms with Gasteiger partial charge >= 0.3 is 5.97 Å². The molecule has 0 heterocycles. The summed E-state index contributed by atoms with van der Waals surface area (Å²) in [7, 11) is 3.07. The van der Waals surface area contributed by atoms with Crippen molar-refractivity contribution < 1.29 is 14.3 Å². The molecule has 0 saturated carbocycles. The molecule has 1 rings (SSSR count). The minimum Gasteiger partial charge on any atom is -0.497 e. The number of nitrogens with one attached hydrogen (secondary N) is 1. The lowest BCUT2D eigenvalue weighted by Crippen LogP contribution is -2.46. The van der Waals surface area contributed by atoms with Gasteiger partial charge in [0.25, 0.3) is 0 Å². The van der Waals surface area contributed by atoms with E-state index in [1.807, 2.05) is 31.2 Å². The Kier molecular flexibility index (Phi) is 6.36. The van der Waals surface area contributed by atoms with Gasteiger partial charge in [-0.1, -0.05) is 26.7 Å². The van der Waals surface area contributed by atoms with Gasteiger partial charge in [0.1, 0.15) is 11.3 Å². The molecular weight excluding hydrogens is 254 g/mol. The van der Waals surface area contributed by atoms with Crippen LogP contribution >= 0.6 is 0 Å². The highest BCUT2D eigenvalue weighted by molar-refractivity contribution is 5.84. The van der Waals surface area contributed by atoms with Gasteiger partial charge in [0.15, 0.2) is 0 Å². The van der Waals surface area contributed by atoms with Crippen molar-refractivity contribution in [3.05, 3.63) is 24.3 Å². The topological polar surface area (TPSA) is 47.6 Å². The number of hydrogen-bond acceptors (Lipinski definition) is 4. The molecule has 1 aromatic rings. The molecule has 1 N–H and O–H groups in total. The minimum absolute atomic E-state index is 0.204. The molecule has 0 radical (unpaired) electrons. The Balaban J connectivity index is 2.94. The summed E-state index contributed by atoms with van der Waals surface area (Å²) >= 11 is 0. The van der Waals surface area contributed by atoms with Crippen molar-refractivity contribution in [3.63, 3.8) is 0 Å². The molecule has 0 amide bonds. The van der Waals surface area contributed by atoms with Crippen molar-refractivity contribution in [1.82, 2.24) is 0 Å². The Bertz CT molecular complexity index is 416. The zero-order valence-corrected chi connectivity index (χ0v) is 12.9. The van der Waals surface area contributed by atoms with Crippen LogP contribution in [0.1, 0.15) is 39.5 Å². The summed E-state index contributed by atoms with van der Waals surface area (Å²) in [5, 5.41) is 3.35. The van der Waals surface area contributed by atoms with E-state index in [1.165, 1.54) is 7.11 Å². The van der Waals surface area contributed by atoms with Crippen LogP contribution in [0.5, 0.6) is 5.75 Å². The van der Waals surface area contributed by atoms with Crippen LogP contribution in [-0.2, 0) is 9.53 Å². The van der Waals surface area contributed by atoms with Crippen LogP contribution in [0.4, 0.5) is 5.69 Å². The van der Waals surface area contributed by atoms with Gasteiger partial charge in [-0.2, -0.15) is 0 Å². The molecule has 112 valence electrons. The lowest BCUT2D eigenvalue weighted by molar-refractivity contribution is -0.146. The number of carbonyl (C=O) groups excluding carboxylic acids is 1. The second-order valence-electron chi connectivity index (χ2n) is 4.88. The average molecular weight is 279 g/mol. The van der Waals surface area contributed by atoms with Crippen molar-refractivity contribution >= 4 is 11.7 Å². The number of carbonyl (C=O) groups is 1. The maximum Gasteiger partial charge on any atom is 0.331 e. The maximum atomic E-state index is 12.2. The van der Waals surface area contributed by atoms with Crippen LogP contribution in [0.15, 0.2) is 24.3 Å². The largest absolute Gasteiger partial charge is 0.497 e. The molecule has 1 aromatic carbocycles. The number of benzene rings is 1. The SMILES string of the molecule is CCCCC(CC)(Nc1ccc(OC)cc1)C(=O)OC. The summed E-state index contributed by atoms with van der Waals surface area (Å²) in [5.41, 5.74) is 0.244. The number of esters is 1. The Morgan fingerprint density at radius 3 is 2.30 bits per heavy atom. The van der Waals surface area contributed by atoms with Crippen LogP contribution in [-0.4, -0.2) is 25.7 Å². The summed E-state index contributed by atoms with van der Waals surface area (Å²) in [6.07, 6.45) is 3.47. The summed E-state index contributed by atoms with van der Waals surface area (Å²) < 4.78 is 10.1. The minimum atomic E-state index is -0.653. The van der Waals surface area contributed by atoms with Gasteiger partial charge in [-0.3, -0.25) is 0 Å². The fourth-order valence-electron chi connectivity index (χ4n) is 2.25. The molecule has 0 aliphatic carbocycles. The number of anilines is 1. The van der Waals surface area contributed by atoms with Crippen molar-refractivity contribution in [2.75, 3.05) is 19.5 Å². The quantitative estimate of drug-likeness (QED) is 0.738. The number of ether oxygens (including phenoxy) is 2. The summed E-state index contributed by atoms with van der Waals surface area (Å²) in [6, 6.07) is 7.58. The first-order valence-electron chi connectivity index (χ1n) is 7.12. The van der Waals surface area contributed by atoms with E-state index in [2.05, 4.69) is 12.2 Å². The molecule has 0 aliphatic rings. The number of unbranched alkanes of at least 4 members (excludes halogenated alkanes) is 1. The van der Waals surface area contributed by atoms with Crippen LogP contribution in [0, 0.1) is 0 Å². The van der Waals surface area contributed by atoms with Gasteiger partial charge in [0.2, 0.25) is 0 Å². The van der Waals surface area contributed by atoms with Crippen LogP contribution in [0.2, 0.25) is 0 Å². The van der Waals surface area contributed by atoms with Crippen LogP contribution < -0.4 is 10.1 Å². The van der Waals surface area contributed by atoms with Gasteiger partial charge in [-0.25, -0.2) is 4.79 Å². The molecule has 0 spiro atoms. The van der Waals surface area contributed by atoms with E-state index >= 15 is 0 Å². The third-order valence-corrected chi connectivity index (χ3v) is 3.61. The molecule has 1 unspecified atom stereocenters. The number of methoxy groups -OCH3 is 2. The Morgan fingerprint density at radius 1 is 1.20 bits per heavy atom. The molecule has 1 atom stereocenters. The lowest BCUT2D eigenvalue weighted by atomic mass is 9.89. The summed E-state index contributed by atoms with van der Waals surface area (Å²) in [6.45, 7) is 4.12. The summed E-state index contributed by atoms with van der Waals surface area (Å²) in [5.74, 6) is 0.591. The van der Waals surface area contributed by atoms with Crippen molar-refractivity contribution in [2.45, 2.75) is 45.1 Å². The predicted octanol–water partition coefficient (Wildman–Crippen LogP) is 3.62. The first kappa shape index (κ1) is 16.3. The Labute approximate surface area is 121 Å². The van der Waals surface area contributed by atoms with Crippen LogP contribution in [0.25, 0.3) is 0 Å². The van der Waals surface area contributed by atoms with Crippen molar-refractivity contribution in [3.8, 4) is 5.75 Å². The fraction of sp³-hybridized carbons (Fsp3) is 0.562. The first-order chi connectivity index (χ1) is 9.61. The van der Waals surface area contributed by atoms with Crippen molar-refractivity contribution in [2.24, 2.45) is 0 Å². The predicted molar refractivity (Wildman–Crippen MR) is 81.2 cm³/mol. The fourth-order valence-corrected chi connectivity index (χ4v) is 2.25. The first-order valence-corrected chi connectivity index (χ1v) is 7.12. The van der Waals surface area contributed by atoms with Gasteiger partial charge in [0, 0.05) is 5.69 Å². The monoisotopic (exact) mass is 279 g/mol. The van der Waals surface area contributed by atoms with Crippen LogP contribution in [0.3, 0.4) is 0 Å². The molecule has 0 aliphatic heterocycles. The van der Waals surface area contributed by atoms with Gasteiger partial charge in [-0.05, 0) is 37.1 Å². The molecule has 0 saturated heterocycles. The molecule has 0 bridgehead atoms. The second kappa shape index (κ2) is 7.78. The standard InChI is InChI=1S/C16H25NO3/c1-5-7-12-16(6-2,15(18)20-4)17-13-8-10-14(19-3)11-9-13/h8-11,17H,5-7,12H2,1-4H3. The molecule has 0 aromatic heterocycles. The van der Waals surface area contributed by atoms with Gasteiger partial charge < -0.3 is 14.8 Å². The van der Waals surface area contributed by atoms with E-state index in [1.54, 1.807) is 7.11 Å². The summed E-state index contributed by atoms with van der Waals surface area (Å²) in [4.78, 5) is 12.2. The van der Waals surface area contributed by atoms with E-state index in [0.29, 0.717) is 6.42 Å². The average Bonchev–Trinajstić information content (AvgIpc) is 2.51. The Morgan fingerprint density at radius 2 is 1.85 bits per heavy atom. The van der Waals surface area contributed by atoms with Gasteiger partial charge in [-0.15, -0.1) is 0 Å². The normalized spacial score (nSPS) is 13.4. The van der Waals surface area contributed by atoms with E-state index < -0.39 is 5.54 Å². The molecular formula is C16H25NO3.